The molecule has 31 heavy (non-hydrogen) atoms. The Morgan fingerprint density at radius 2 is 1.58 bits per heavy atom. The van der Waals surface area contributed by atoms with Crippen LogP contribution in [0.1, 0.15) is 15.9 Å². The number of hydrogen-bond donors (Lipinski definition) is 0. The van der Waals surface area contributed by atoms with Gasteiger partial charge in [0.25, 0.3) is 5.91 Å². The molecule has 12 heteroatoms. The van der Waals surface area contributed by atoms with E-state index in [1.165, 1.54) is 29.2 Å². The van der Waals surface area contributed by atoms with E-state index in [4.69, 9.17) is 0 Å². The summed E-state index contributed by atoms with van der Waals surface area (Å²) in [6.07, 6.45) is -4.58. The lowest BCUT2D eigenvalue weighted by atomic mass is 10.1. The molecule has 0 N–H and O–H groups in total. The molecule has 0 saturated carbocycles. The van der Waals surface area contributed by atoms with Crippen molar-refractivity contribution in [2.75, 3.05) is 26.2 Å². The van der Waals surface area contributed by atoms with Crippen molar-refractivity contribution in [1.29, 1.82) is 0 Å². The molecule has 168 valence electrons. The van der Waals surface area contributed by atoms with Crippen LogP contribution < -0.4 is 4.74 Å². The Bertz CT molecular complexity index is 1030. The molecule has 1 amide bonds. The van der Waals surface area contributed by atoms with E-state index in [-0.39, 0.29) is 42.4 Å². The first kappa shape index (κ1) is 22.9. The van der Waals surface area contributed by atoms with Crippen LogP contribution in [0.4, 0.5) is 22.0 Å². The molecule has 1 fully saturated rings. The number of sulfonamides is 1. The van der Waals surface area contributed by atoms with E-state index in [1.807, 2.05) is 0 Å². The fourth-order valence-corrected chi connectivity index (χ4v) is 4.51. The number of piperazine rings is 1. The van der Waals surface area contributed by atoms with Gasteiger partial charge in [-0.15, -0.1) is 0 Å². The second kappa shape index (κ2) is 8.79. The summed E-state index contributed by atoms with van der Waals surface area (Å²) in [5.74, 6) is -0.657. The third-order valence-electron chi connectivity index (χ3n) is 4.65. The van der Waals surface area contributed by atoms with Crippen molar-refractivity contribution >= 4 is 15.9 Å². The summed E-state index contributed by atoms with van der Waals surface area (Å²) in [7, 11) is -4.03. The topological polar surface area (TPSA) is 66.9 Å². The molecule has 2 aromatic rings. The molecule has 6 nitrogen and oxygen atoms in total. The van der Waals surface area contributed by atoms with E-state index in [1.54, 1.807) is 0 Å². The maximum absolute atomic E-state index is 12.7. The number of halogens is 5. The van der Waals surface area contributed by atoms with Crippen LogP contribution in [0.15, 0.2) is 53.4 Å². The summed E-state index contributed by atoms with van der Waals surface area (Å²) < 4.78 is 93.5. The van der Waals surface area contributed by atoms with Crippen LogP contribution in [-0.4, -0.2) is 56.3 Å². The van der Waals surface area contributed by atoms with Gasteiger partial charge in [-0.1, -0.05) is 6.07 Å². The van der Waals surface area contributed by atoms with Gasteiger partial charge in [-0.25, -0.2) is 8.42 Å². The fraction of sp³-hybridized carbons (Fsp3) is 0.316. The number of hydrogen-bond acceptors (Lipinski definition) is 4. The monoisotopic (exact) mass is 464 g/mol. The number of amides is 1. The highest BCUT2D eigenvalue weighted by Gasteiger charge is 2.33. The number of nitrogens with zero attached hydrogens (tertiary/aromatic N) is 2. The molecule has 1 heterocycles. The molecule has 0 atom stereocenters. The van der Waals surface area contributed by atoms with Gasteiger partial charge in [-0.2, -0.15) is 26.3 Å². The van der Waals surface area contributed by atoms with E-state index in [9.17, 15) is 35.2 Å². The second-order valence-electron chi connectivity index (χ2n) is 6.62. The molecule has 3 rings (SSSR count). The average Bonchev–Trinajstić information content (AvgIpc) is 2.72. The third-order valence-corrected chi connectivity index (χ3v) is 6.56. The SMILES string of the molecule is O=C(c1cccc(OC(F)F)c1)N1CCN(S(=O)(=O)c2ccc(C(F)(F)F)cc2)CC1. The first-order valence-corrected chi connectivity index (χ1v) is 10.4. The van der Waals surface area contributed by atoms with Gasteiger partial charge in [0.05, 0.1) is 10.5 Å². The summed E-state index contributed by atoms with van der Waals surface area (Å²) in [6.45, 7) is -3.12. The first-order valence-electron chi connectivity index (χ1n) is 9.00. The lowest BCUT2D eigenvalue weighted by molar-refractivity contribution is -0.137. The van der Waals surface area contributed by atoms with Gasteiger partial charge >= 0.3 is 12.8 Å². The van der Waals surface area contributed by atoms with Crippen LogP contribution in [0.3, 0.4) is 0 Å². The number of ether oxygens (including phenoxy) is 1. The second-order valence-corrected chi connectivity index (χ2v) is 8.56. The molecule has 0 aliphatic carbocycles. The van der Waals surface area contributed by atoms with Crippen LogP contribution in [0, 0.1) is 0 Å². The highest BCUT2D eigenvalue weighted by atomic mass is 32.2. The van der Waals surface area contributed by atoms with Crippen LogP contribution in [0.25, 0.3) is 0 Å². The number of rotatable bonds is 5. The molecule has 0 radical (unpaired) electrons. The van der Waals surface area contributed by atoms with E-state index in [0.717, 1.165) is 16.4 Å². The predicted octanol–water partition coefficient (Wildman–Crippen LogP) is 3.45. The maximum atomic E-state index is 12.7. The van der Waals surface area contributed by atoms with Gasteiger partial charge in [0, 0.05) is 31.7 Å². The smallest absolute Gasteiger partial charge is 0.416 e. The lowest BCUT2D eigenvalue weighted by Crippen LogP contribution is -2.50. The minimum Gasteiger partial charge on any atom is -0.435 e. The van der Waals surface area contributed by atoms with Crippen LogP contribution in [0.2, 0.25) is 0 Å². The van der Waals surface area contributed by atoms with Gasteiger partial charge in [0.15, 0.2) is 0 Å². The van der Waals surface area contributed by atoms with E-state index in [2.05, 4.69) is 4.74 Å². The molecule has 0 spiro atoms. The average molecular weight is 464 g/mol. The Balaban J connectivity index is 1.66. The molecule has 1 aliphatic heterocycles. The van der Waals surface area contributed by atoms with Gasteiger partial charge in [-0.3, -0.25) is 4.79 Å². The summed E-state index contributed by atoms with van der Waals surface area (Å²) in [6, 6.07) is 8.43. The fourth-order valence-electron chi connectivity index (χ4n) is 3.08. The van der Waals surface area contributed by atoms with Crippen molar-refractivity contribution < 1.29 is 39.9 Å². The molecule has 0 bridgehead atoms. The minimum absolute atomic E-state index is 0.0264. The van der Waals surface area contributed by atoms with Crippen LogP contribution in [0.5, 0.6) is 5.75 Å². The summed E-state index contributed by atoms with van der Waals surface area (Å²) in [4.78, 5) is 13.7. The number of benzene rings is 2. The minimum atomic E-state index is -4.58. The van der Waals surface area contributed by atoms with Crippen molar-refractivity contribution in [1.82, 2.24) is 9.21 Å². The first-order chi connectivity index (χ1) is 14.5. The van der Waals surface area contributed by atoms with Gasteiger partial charge < -0.3 is 9.64 Å². The van der Waals surface area contributed by atoms with Gasteiger partial charge in [-0.05, 0) is 42.5 Å². The molecule has 1 aliphatic rings. The van der Waals surface area contributed by atoms with E-state index < -0.39 is 34.3 Å². The molecular weight excluding hydrogens is 447 g/mol. The lowest BCUT2D eigenvalue weighted by Gasteiger charge is -2.34. The largest absolute Gasteiger partial charge is 0.435 e. The quantitative estimate of drug-likeness (QED) is 0.636. The zero-order chi connectivity index (χ0) is 22.8. The molecule has 1 saturated heterocycles. The van der Waals surface area contributed by atoms with E-state index in [0.29, 0.717) is 12.1 Å². The summed E-state index contributed by atoms with van der Waals surface area (Å²) >= 11 is 0. The van der Waals surface area contributed by atoms with Crippen molar-refractivity contribution in [2.45, 2.75) is 17.7 Å². The highest BCUT2D eigenvalue weighted by Crippen LogP contribution is 2.30. The Morgan fingerprint density at radius 1 is 0.968 bits per heavy atom. The van der Waals surface area contributed by atoms with Gasteiger partial charge in [0.1, 0.15) is 5.75 Å². The number of carbonyl (C=O) groups is 1. The maximum Gasteiger partial charge on any atom is 0.416 e. The normalized spacial score (nSPS) is 15.9. The summed E-state index contributed by atoms with van der Waals surface area (Å²) in [5.41, 5.74) is -0.850. The van der Waals surface area contributed by atoms with Crippen LogP contribution >= 0.6 is 0 Å². The molecular formula is C19H17F5N2O4S. The molecule has 0 aromatic heterocycles. The number of alkyl halides is 5. The number of carbonyl (C=O) groups excluding carboxylic acids is 1. The van der Waals surface area contributed by atoms with Gasteiger partial charge in [0.2, 0.25) is 10.0 Å². The summed E-state index contributed by atoms with van der Waals surface area (Å²) in [5, 5.41) is 0. The van der Waals surface area contributed by atoms with Crippen molar-refractivity contribution in [2.24, 2.45) is 0 Å². The molecule has 2 aromatic carbocycles. The predicted molar refractivity (Wildman–Crippen MR) is 99.2 cm³/mol. The van der Waals surface area contributed by atoms with Crippen LogP contribution in [-0.2, 0) is 16.2 Å². The van der Waals surface area contributed by atoms with Crippen molar-refractivity contribution in [3.63, 3.8) is 0 Å². The standard InChI is InChI=1S/C19H17F5N2O4S/c20-18(21)30-15-3-1-2-13(12-15)17(27)25-8-10-26(11-9-25)31(28,29)16-6-4-14(5-7-16)19(22,23)24/h1-7,12,18H,8-11H2. The van der Waals surface area contributed by atoms with Crippen molar-refractivity contribution in [3.8, 4) is 5.75 Å². The zero-order valence-electron chi connectivity index (χ0n) is 15.9. The Hall–Kier alpha value is -2.73. The Morgan fingerprint density at radius 3 is 2.13 bits per heavy atom. The van der Waals surface area contributed by atoms with Crippen molar-refractivity contribution in [3.05, 3.63) is 59.7 Å². The third kappa shape index (κ3) is 5.31. The zero-order valence-corrected chi connectivity index (χ0v) is 16.7. The molecule has 0 unspecified atom stereocenters. The Kier molecular flexibility index (Phi) is 6.51. The highest BCUT2D eigenvalue weighted by molar-refractivity contribution is 7.89. The Labute approximate surface area is 174 Å². The van der Waals surface area contributed by atoms with E-state index >= 15 is 0 Å².